The van der Waals surface area contributed by atoms with Gasteiger partial charge in [0.25, 0.3) is 0 Å². The number of hydrogen-bond donors (Lipinski definition) is 2. The van der Waals surface area contributed by atoms with Gasteiger partial charge in [-0.15, -0.1) is 0 Å². The standard InChI is InChI=1S/C12H14Br4O2S2/c13-9-7(5-19-3-1-17)8(6-20-4-2-18)10(14)12(16)11(9)15/h17-18H,1-6H2. The van der Waals surface area contributed by atoms with Crippen LogP contribution in [0.2, 0.25) is 0 Å². The molecule has 20 heavy (non-hydrogen) atoms. The van der Waals surface area contributed by atoms with Crippen LogP contribution in [0.1, 0.15) is 11.1 Å². The van der Waals surface area contributed by atoms with Crippen molar-refractivity contribution in [2.75, 3.05) is 24.7 Å². The van der Waals surface area contributed by atoms with Crippen molar-refractivity contribution in [3.05, 3.63) is 29.0 Å². The summed E-state index contributed by atoms with van der Waals surface area (Å²) in [6.45, 7) is 0.380. The van der Waals surface area contributed by atoms with Gasteiger partial charge in [-0.25, -0.2) is 0 Å². The molecule has 0 heterocycles. The van der Waals surface area contributed by atoms with Crippen LogP contribution in [0.15, 0.2) is 17.9 Å². The first kappa shape index (κ1) is 19.8. The number of halogens is 4. The Morgan fingerprint density at radius 2 is 1.00 bits per heavy atom. The molecule has 0 aliphatic heterocycles. The van der Waals surface area contributed by atoms with Gasteiger partial charge in [0.05, 0.1) is 13.2 Å². The van der Waals surface area contributed by atoms with E-state index in [1.807, 2.05) is 0 Å². The van der Waals surface area contributed by atoms with E-state index in [0.717, 1.165) is 40.9 Å². The smallest absolute Gasteiger partial charge is 0.0521 e. The van der Waals surface area contributed by atoms with E-state index in [-0.39, 0.29) is 13.2 Å². The number of aliphatic hydroxyl groups excluding tert-OH is 2. The van der Waals surface area contributed by atoms with Crippen molar-refractivity contribution in [2.45, 2.75) is 11.5 Å². The minimum Gasteiger partial charge on any atom is -0.396 e. The number of thioether (sulfide) groups is 2. The van der Waals surface area contributed by atoms with Crippen molar-refractivity contribution in [3.8, 4) is 0 Å². The van der Waals surface area contributed by atoms with E-state index in [2.05, 4.69) is 63.7 Å². The van der Waals surface area contributed by atoms with Gasteiger partial charge in [-0.2, -0.15) is 23.5 Å². The van der Waals surface area contributed by atoms with Gasteiger partial charge in [-0.1, -0.05) is 0 Å². The predicted octanol–water partition coefficient (Wildman–Crippen LogP) is 5.19. The Labute approximate surface area is 161 Å². The van der Waals surface area contributed by atoms with Gasteiger partial charge >= 0.3 is 0 Å². The number of aliphatic hydroxyl groups is 2. The molecule has 0 atom stereocenters. The maximum Gasteiger partial charge on any atom is 0.0521 e. The van der Waals surface area contributed by atoms with Crippen LogP contribution < -0.4 is 0 Å². The highest BCUT2D eigenvalue weighted by Gasteiger charge is 2.18. The molecule has 0 bridgehead atoms. The third-order valence-corrected chi connectivity index (χ3v) is 9.30. The molecule has 0 fully saturated rings. The maximum atomic E-state index is 8.92. The molecule has 0 amide bonds. The van der Waals surface area contributed by atoms with Crippen LogP contribution in [-0.2, 0) is 11.5 Å². The summed E-state index contributed by atoms with van der Waals surface area (Å²) in [4.78, 5) is 0. The van der Waals surface area contributed by atoms with Gasteiger partial charge in [0.15, 0.2) is 0 Å². The fourth-order valence-electron chi connectivity index (χ4n) is 1.50. The molecule has 8 heteroatoms. The molecule has 2 nitrogen and oxygen atoms in total. The van der Waals surface area contributed by atoms with Crippen molar-refractivity contribution >= 4 is 87.2 Å². The molecule has 0 spiro atoms. The summed E-state index contributed by atoms with van der Waals surface area (Å²) in [5, 5.41) is 17.8. The molecule has 0 unspecified atom stereocenters. The highest BCUT2D eigenvalue weighted by Crippen LogP contribution is 2.44. The van der Waals surface area contributed by atoms with E-state index in [0.29, 0.717) is 0 Å². The van der Waals surface area contributed by atoms with Crippen molar-refractivity contribution in [3.63, 3.8) is 0 Å². The largest absolute Gasteiger partial charge is 0.396 e. The zero-order valence-electron chi connectivity index (χ0n) is 10.5. The lowest BCUT2D eigenvalue weighted by Crippen LogP contribution is -1.99. The molecule has 2 N–H and O–H groups in total. The Balaban J connectivity index is 3.08. The molecule has 1 rings (SSSR count). The highest BCUT2D eigenvalue weighted by molar-refractivity contribution is 9.15. The van der Waals surface area contributed by atoms with Crippen LogP contribution in [0.4, 0.5) is 0 Å². The second-order valence-electron chi connectivity index (χ2n) is 3.77. The zero-order valence-corrected chi connectivity index (χ0v) is 18.4. The number of rotatable bonds is 8. The lowest BCUT2D eigenvalue weighted by atomic mass is 10.1. The van der Waals surface area contributed by atoms with E-state index in [4.69, 9.17) is 10.2 Å². The first-order valence-corrected chi connectivity index (χ1v) is 11.2. The minimum atomic E-state index is 0.190. The van der Waals surface area contributed by atoms with Crippen molar-refractivity contribution in [1.82, 2.24) is 0 Å². The van der Waals surface area contributed by atoms with E-state index >= 15 is 0 Å². The summed E-state index contributed by atoms with van der Waals surface area (Å²) in [6.07, 6.45) is 0. The second kappa shape index (κ2) is 10.5. The molecule has 0 saturated heterocycles. The van der Waals surface area contributed by atoms with Gasteiger partial charge in [0, 0.05) is 40.9 Å². The van der Waals surface area contributed by atoms with Crippen LogP contribution >= 0.6 is 87.2 Å². The molecule has 114 valence electrons. The summed E-state index contributed by atoms with van der Waals surface area (Å²) in [6, 6.07) is 0. The molecule has 1 aromatic carbocycles. The third-order valence-electron chi connectivity index (χ3n) is 2.44. The summed E-state index contributed by atoms with van der Waals surface area (Å²) in [5.41, 5.74) is 2.44. The van der Waals surface area contributed by atoms with Gasteiger partial charge in [0.2, 0.25) is 0 Å². The van der Waals surface area contributed by atoms with Gasteiger partial charge in [0.1, 0.15) is 0 Å². The second-order valence-corrected chi connectivity index (χ2v) is 9.15. The average Bonchev–Trinajstić information content (AvgIpc) is 2.45. The molecular weight excluding hydrogens is 560 g/mol. The normalized spacial score (nSPS) is 11.1. The van der Waals surface area contributed by atoms with E-state index in [9.17, 15) is 0 Å². The quantitative estimate of drug-likeness (QED) is 0.255. The van der Waals surface area contributed by atoms with Crippen LogP contribution in [0.5, 0.6) is 0 Å². The molecule has 0 aliphatic carbocycles. The number of benzene rings is 1. The van der Waals surface area contributed by atoms with Crippen LogP contribution in [0, 0.1) is 0 Å². The molecule has 0 aliphatic rings. The summed E-state index contributed by atoms with van der Waals surface area (Å²) >= 11 is 17.8. The average molecular weight is 574 g/mol. The Kier molecular flexibility index (Phi) is 10.4. The predicted molar refractivity (Wildman–Crippen MR) is 104 cm³/mol. The van der Waals surface area contributed by atoms with Crippen molar-refractivity contribution in [2.24, 2.45) is 0 Å². The Morgan fingerprint density at radius 1 is 0.650 bits per heavy atom. The summed E-state index contributed by atoms with van der Waals surface area (Å²) in [5.74, 6) is 3.11. The van der Waals surface area contributed by atoms with Crippen LogP contribution in [0.25, 0.3) is 0 Å². The Morgan fingerprint density at radius 3 is 1.30 bits per heavy atom. The van der Waals surface area contributed by atoms with Crippen molar-refractivity contribution < 1.29 is 10.2 Å². The fourth-order valence-corrected chi connectivity index (χ4v) is 6.03. The maximum absolute atomic E-state index is 8.92. The topological polar surface area (TPSA) is 40.5 Å². The summed E-state index contributed by atoms with van der Waals surface area (Å²) < 4.78 is 4.05. The van der Waals surface area contributed by atoms with E-state index in [1.165, 1.54) is 11.1 Å². The Bertz CT molecular complexity index is 417. The van der Waals surface area contributed by atoms with Gasteiger partial charge in [-0.05, 0) is 74.8 Å². The van der Waals surface area contributed by atoms with E-state index in [1.54, 1.807) is 23.5 Å². The minimum absolute atomic E-state index is 0.190. The lowest BCUT2D eigenvalue weighted by Gasteiger charge is -2.17. The summed E-state index contributed by atoms with van der Waals surface area (Å²) in [7, 11) is 0. The molecule has 0 aromatic heterocycles. The monoisotopic (exact) mass is 570 g/mol. The third kappa shape index (κ3) is 5.44. The highest BCUT2D eigenvalue weighted by atomic mass is 79.9. The van der Waals surface area contributed by atoms with Crippen molar-refractivity contribution in [1.29, 1.82) is 0 Å². The zero-order chi connectivity index (χ0) is 15.1. The molecule has 0 radical (unpaired) electrons. The van der Waals surface area contributed by atoms with Crippen LogP contribution in [-0.4, -0.2) is 34.9 Å². The van der Waals surface area contributed by atoms with Crippen LogP contribution in [0.3, 0.4) is 0 Å². The molecule has 1 aromatic rings. The number of hydrogen-bond acceptors (Lipinski definition) is 4. The first-order valence-electron chi connectivity index (χ1n) is 5.75. The Hall–Kier alpha value is 1.76. The fraction of sp³-hybridized carbons (Fsp3) is 0.500. The molecular formula is C12H14Br4O2S2. The first-order chi connectivity index (χ1) is 9.54. The van der Waals surface area contributed by atoms with Gasteiger partial charge < -0.3 is 10.2 Å². The lowest BCUT2D eigenvalue weighted by molar-refractivity contribution is 0.322. The SMILES string of the molecule is OCCSCc1c(Br)c(Br)c(Br)c(Br)c1CSCCO. The van der Waals surface area contributed by atoms with E-state index < -0.39 is 0 Å². The molecule has 0 saturated carbocycles. The van der Waals surface area contributed by atoms with Gasteiger partial charge in [-0.3, -0.25) is 0 Å².